The number of carbonyl (C=O) groups is 1. The van der Waals surface area contributed by atoms with E-state index in [9.17, 15) is 4.79 Å². The minimum absolute atomic E-state index is 0.235. The molecule has 0 radical (unpaired) electrons. The largest absolute Gasteiger partial charge is 0.496 e. The van der Waals surface area contributed by atoms with E-state index in [-0.39, 0.29) is 5.78 Å². The van der Waals surface area contributed by atoms with E-state index in [1.807, 2.05) is 18.2 Å². The lowest BCUT2D eigenvalue weighted by Gasteiger charge is -2.07. The van der Waals surface area contributed by atoms with E-state index in [1.165, 1.54) is 5.56 Å². The molecule has 0 saturated heterocycles. The highest BCUT2D eigenvalue weighted by atomic mass is 16.5. The van der Waals surface area contributed by atoms with Gasteiger partial charge < -0.3 is 9.53 Å². The van der Waals surface area contributed by atoms with Gasteiger partial charge in [0, 0.05) is 6.42 Å². The lowest BCUT2D eigenvalue weighted by Crippen LogP contribution is -1.90. The number of hydrogen-bond donors (Lipinski definition) is 0. The van der Waals surface area contributed by atoms with E-state index in [0.29, 0.717) is 6.42 Å². The van der Waals surface area contributed by atoms with Gasteiger partial charge in [0.25, 0.3) is 0 Å². The Morgan fingerprint density at radius 2 is 2.18 bits per heavy atom. The molecule has 17 heavy (non-hydrogen) atoms. The van der Waals surface area contributed by atoms with Crippen LogP contribution in [0.4, 0.5) is 0 Å². The van der Waals surface area contributed by atoms with Crippen LogP contribution in [0.1, 0.15) is 37.8 Å². The first-order chi connectivity index (χ1) is 8.17. The molecule has 2 heteroatoms. The van der Waals surface area contributed by atoms with Crippen molar-refractivity contribution < 1.29 is 9.53 Å². The Kier molecular flexibility index (Phi) is 5.47. The summed E-state index contributed by atoms with van der Waals surface area (Å²) in [5.41, 5.74) is 2.37. The molecule has 0 fully saturated rings. The molecule has 0 aliphatic rings. The SMILES string of the molecule is CCc1cc(/C=C/CCC(C)=O)ccc1OC. The molecule has 2 nitrogen and oxygen atoms in total. The summed E-state index contributed by atoms with van der Waals surface area (Å²) in [7, 11) is 1.69. The van der Waals surface area contributed by atoms with Crippen LogP contribution in [0.2, 0.25) is 0 Å². The van der Waals surface area contributed by atoms with Gasteiger partial charge in [-0.3, -0.25) is 0 Å². The summed E-state index contributed by atoms with van der Waals surface area (Å²) in [5, 5.41) is 0. The average molecular weight is 232 g/mol. The van der Waals surface area contributed by atoms with Crippen LogP contribution < -0.4 is 4.74 Å². The molecule has 0 aromatic heterocycles. The third-order valence-corrected chi connectivity index (χ3v) is 2.66. The summed E-state index contributed by atoms with van der Waals surface area (Å²) >= 11 is 0. The van der Waals surface area contributed by atoms with Crippen molar-refractivity contribution in [3.63, 3.8) is 0 Å². The van der Waals surface area contributed by atoms with Crippen molar-refractivity contribution in [2.75, 3.05) is 7.11 Å². The van der Waals surface area contributed by atoms with E-state index >= 15 is 0 Å². The normalized spacial score (nSPS) is 10.8. The molecule has 0 aliphatic carbocycles. The maximum atomic E-state index is 10.8. The van der Waals surface area contributed by atoms with Crippen LogP contribution in [0.15, 0.2) is 24.3 Å². The van der Waals surface area contributed by atoms with E-state index in [0.717, 1.165) is 24.2 Å². The quantitative estimate of drug-likeness (QED) is 0.748. The summed E-state index contributed by atoms with van der Waals surface area (Å²) in [6, 6.07) is 6.15. The molecule has 0 saturated carbocycles. The monoisotopic (exact) mass is 232 g/mol. The molecule has 0 spiro atoms. The fourth-order valence-electron chi connectivity index (χ4n) is 1.68. The Morgan fingerprint density at radius 1 is 1.41 bits per heavy atom. The van der Waals surface area contributed by atoms with Crippen molar-refractivity contribution in [3.8, 4) is 5.75 Å². The first-order valence-electron chi connectivity index (χ1n) is 6.00. The summed E-state index contributed by atoms with van der Waals surface area (Å²) in [6.07, 6.45) is 6.48. The van der Waals surface area contributed by atoms with Crippen LogP contribution in [0.5, 0.6) is 5.75 Å². The van der Waals surface area contributed by atoms with Crippen LogP contribution in [0.3, 0.4) is 0 Å². The molecule has 1 aromatic carbocycles. The van der Waals surface area contributed by atoms with Gasteiger partial charge in [-0.1, -0.05) is 25.1 Å². The smallest absolute Gasteiger partial charge is 0.130 e. The fourth-order valence-corrected chi connectivity index (χ4v) is 1.68. The first kappa shape index (κ1) is 13.5. The summed E-state index contributed by atoms with van der Waals surface area (Å²) < 4.78 is 5.28. The Hall–Kier alpha value is -1.57. The fraction of sp³-hybridized carbons (Fsp3) is 0.400. The van der Waals surface area contributed by atoms with E-state index in [4.69, 9.17) is 4.74 Å². The topological polar surface area (TPSA) is 26.3 Å². The van der Waals surface area contributed by atoms with Crippen molar-refractivity contribution in [3.05, 3.63) is 35.4 Å². The van der Waals surface area contributed by atoms with Gasteiger partial charge in [-0.15, -0.1) is 0 Å². The summed E-state index contributed by atoms with van der Waals surface area (Å²) in [5.74, 6) is 1.17. The number of benzene rings is 1. The number of carbonyl (C=O) groups excluding carboxylic acids is 1. The molecule has 0 atom stereocenters. The molecule has 1 rings (SSSR count). The highest BCUT2D eigenvalue weighted by molar-refractivity contribution is 5.75. The van der Waals surface area contributed by atoms with Crippen molar-refractivity contribution in [2.24, 2.45) is 0 Å². The molecule has 0 N–H and O–H groups in total. The minimum Gasteiger partial charge on any atom is -0.496 e. The molecule has 1 aromatic rings. The van der Waals surface area contributed by atoms with Crippen LogP contribution >= 0.6 is 0 Å². The van der Waals surface area contributed by atoms with E-state index in [2.05, 4.69) is 19.1 Å². The highest BCUT2D eigenvalue weighted by Gasteiger charge is 2.00. The number of rotatable bonds is 6. The second-order valence-corrected chi connectivity index (χ2v) is 4.07. The number of Topliss-reactive ketones (excluding diaryl/α,β-unsaturated/α-hetero) is 1. The maximum absolute atomic E-state index is 10.8. The zero-order chi connectivity index (χ0) is 12.7. The van der Waals surface area contributed by atoms with Crippen LogP contribution in [0, 0.1) is 0 Å². The number of ketones is 1. The maximum Gasteiger partial charge on any atom is 0.130 e. The van der Waals surface area contributed by atoms with Gasteiger partial charge in [-0.25, -0.2) is 0 Å². The van der Waals surface area contributed by atoms with E-state index < -0.39 is 0 Å². The molecule has 0 heterocycles. The van der Waals surface area contributed by atoms with Crippen molar-refractivity contribution in [1.29, 1.82) is 0 Å². The molecule has 0 amide bonds. The standard InChI is InChI=1S/C15H20O2/c1-4-14-11-13(9-10-15(14)17-3)8-6-5-7-12(2)16/h6,8-11H,4-5,7H2,1-3H3/b8-6+. The van der Waals surface area contributed by atoms with E-state index in [1.54, 1.807) is 14.0 Å². The first-order valence-corrected chi connectivity index (χ1v) is 6.00. The van der Waals surface area contributed by atoms with Gasteiger partial charge in [-0.2, -0.15) is 0 Å². The Labute approximate surface area is 103 Å². The van der Waals surface area contributed by atoms with Crippen LogP contribution in [0.25, 0.3) is 6.08 Å². The van der Waals surface area contributed by atoms with Gasteiger partial charge in [0.15, 0.2) is 0 Å². The molecule has 0 aliphatic heterocycles. The summed E-state index contributed by atoms with van der Waals surface area (Å²) in [4.78, 5) is 10.8. The van der Waals surface area contributed by atoms with Crippen molar-refractivity contribution in [2.45, 2.75) is 33.1 Å². The zero-order valence-electron chi connectivity index (χ0n) is 10.8. The number of aryl methyl sites for hydroxylation is 1. The van der Waals surface area contributed by atoms with Crippen LogP contribution in [-0.4, -0.2) is 12.9 Å². The van der Waals surface area contributed by atoms with Crippen molar-refractivity contribution in [1.82, 2.24) is 0 Å². The number of allylic oxidation sites excluding steroid dienone is 1. The second kappa shape index (κ2) is 6.89. The Bertz CT molecular complexity index is 405. The summed E-state index contributed by atoms with van der Waals surface area (Å²) in [6.45, 7) is 3.73. The van der Waals surface area contributed by atoms with Gasteiger partial charge in [0.2, 0.25) is 0 Å². The van der Waals surface area contributed by atoms with Gasteiger partial charge >= 0.3 is 0 Å². The van der Waals surface area contributed by atoms with Gasteiger partial charge in [-0.05, 0) is 43.0 Å². The lowest BCUT2D eigenvalue weighted by atomic mass is 10.1. The highest BCUT2D eigenvalue weighted by Crippen LogP contribution is 2.21. The molecule has 0 unspecified atom stereocenters. The average Bonchev–Trinajstić information content (AvgIpc) is 2.34. The molecular weight excluding hydrogens is 212 g/mol. The van der Waals surface area contributed by atoms with Crippen molar-refractivity contribution >= 4 is 11.9 Å². The zero-order valence-corrected chi connectivity index (χ0v) is 10.8. The number of methoxy groups -OCH3 is 1. The minimum atomic E-state index is 0.235. The predicted octanol–water partition coefficient (Wildman–Crippen LogP) is 3.64. The molecule has 92 valence electrons. The molecular formula is C15H20O2. The van der Waals surface area contributed by atoms with Crippen LogP contribution in [-0.2, 0) is 11.2 Å². The molecule has 0 bridgehead atoms. The predicted molar refractivity (Wildman–Crippen MR) is 71.3 cm³/mol. The second-order valence-electron chi connectivity index (χ2n) is 4.07. The third-order valence-electron chi connectivity index (χ3n) is 2.66. The van der Waals surface area contributed by atoms with Gasteiger partial charge in [0.05, 0.1) is 7.11 Å². The third kappa shape index (κ3) is 4.43. The van der Waals surface area contributed by atoms with Gasteiger partial charge in [0.1, 0.15) is 11.5 Å². The number of ether oxygens (including phenoxy) is 1. The Balaban J connectivity index is 2.68. The lowest BCUT2D eigenvalue weighted by molar-refractivity contribution is -0.116. The Morgan fingerprint density at radius 3 is 2.76 bits per heavy atom. The number of hydrogen-bond acceptors (Lipinski definition) is 2.